The second kappa shape index (κ2) is 5.69. The molecule has 3 rings (SSSR count). The van der Waals surface area contributed by atoms with Crippen LogP contribution < -0.4 is 0 Å². The minimum absolute atomic E-state index is 0.265. The number of nitrogens with zero attached hydrogens (tertiary/aromatic N) is 5. The minimum Gasteiger partial charge on any atom is -0.391 e. The standard InChI is InChI=1S/C13H21N5O/c1-2-11-7-13(19-16-11)8-17-5-3-12(4-6-17)18-9-14-15-10-18/h9-10,12-13H,2-8H2,1H3/t13-/m1/s1. The molecule has 0 radical (unpaired) electrons. The molecule has 104 valence electrons. The third-order valence-electron chi connectivity index (χ3n) is 4.08. The summed E-state index contributed by atoms with van der Waals surface area (Å²) in [7, 11) is 0. The van der Waals surface area contributed by atoms with Gasteiger partial charge in [-0.25, -0.2) is 0 Å². The molecule has 3 heterocycles. The first-order valence-electron chi connectivity index (χ1n) is 7.13. The van der Waals surface area contributed by atoms with Gasteiger partial charge in [0, 0.05) is 32.1 Å². The van der Waals surface area contributed by atoms with Crippen molar-refractivity contribution in [3.8, 4) is 0 Å². The molecule has 1 aromatic heterocycles. The van der Waals surface area contributed by atoms with E-state index in [1.165, 1.54) is 5.71 Å². The topological polar surface area (TPSA) is 55.5 Å². The van der Waals surface area contributed by atoms with Crippen LogP contribution in [0, 0.1) is 0 Å². The molecule has 1 aromatic rings. The van der Waals surface area contributed by atoms with Crippen LogP contribution in [0.15, 0.2) is 17.8 Å². The molecule has 0 amide bonds. The number of aromatic nitrogens is 3. The van der Waals surface area contributed by atoms with Gasteiger partial charge < -0.3 is 9.40 Å². The summed E-state index contributed by atoms with van der Waals surface area (Å²) in [5.41, 5.74) is 1.20. The van der Waals surface area contributed by atoms with E-state index in [1.807, 2.05) is 12.7 Å². The SMILES string of the molecule is CCC1=NO[C@@H](CN2CCC(n3cnnc3)CC2)C1. The van der Waals surface area contributed by atoms with Crippen LogP contribution in [0.4, 0.5) is 0 Å². The fourth-order valence-corrected chi connectivity index (χ4v) is 2.88. The van der Waals surface area contributed by atoms with Gasteiger partial charge >= 0.3 is 0 Å². The molecule has 0 aromatic carbocycles. The Morgan fingerprint density at radius 2 is 2.00 bits per heavy atom. The van der Waals surface area contributed by atoms with E-state index in [0.29, 0.717) is 6.04 Å². The summed E-state index contributed by atoms with van der Waals surface area (Å²) in [5, 5.41) is 11.9. The summed E-state index contributed by atoms with van der Waals surface area (Å²) in [5.74, 6) is 0. The van der Waals surface area contributed by atoms with Crippen molar-refractivity contribution in [2.24, 2.45) is 5.16 Å². The van der Waals surface area contributed by atoms with Gasteiger partial charge in [0.2, 0.25) is 0 Å². The molecule has 1 atom stereocenters. The first-order valence-corrected chi connectivity index (χ1v) is 7.13. The molecule has 6 nitrogen and oxygen atoms in total. The highest BCUT2D eigenvalue weighted by molar-refractivity contribution is 5.85. The smallest absolute Gasteiger partial charge is 0.145 e. The summed E-state index contributed by atoms with van der Waals surface area (Å²) in [6, 6.07) is 0.554. The highest BCUT2D eigenvalue weighted by atomic mass is 16.6. The molecule has 0 saturated carbocycles. The number of piperidine rings is 1. The average molecular weight is 263 g/mol. The minimum atomic E-state index is 0.265. The maximum Gasteiger partial charge on any atom is 0.145 e. The van der Waals surface area contributed by atoms with Gasteiger partial charge in [-0.1, -0.05) is 12.1 Å². The van der Waals surface area contributed by atoms with Gasteiger partial charge in [0.25, 0.3) is 0 Å². The quantitative estimate of drug-likeness (QED) is 0.825. The van der Waals surface area contributed by atoms with Crippen LogP contribution in [0.25, 0.3) is 0 Å². The highest BCUT2D eigenvalue weighted by Crippen LogP contribution is 2.23. The van der Waals surface area contributed by atoms with E-state index < -0.39 is 0 Å². The summed E-state index contributed by atoms with van der Waals surface area (Å²) >= 11 is 0. The van der Waals surface area contributed by atoms with E-state index in [4.69, 9.17) is 4.84 Å². The van der Waals surface area contributed by atoms with Gasteiger partial charge in [-0.3, -0.25) is 4.90 Å². The van der Waals surface area contributed by atoms with Crippen molar-refractivity contribution in [2.75, 3.05) is 19.6 Å². The maximum atomic E-state index is 5.48. The fraction of sp³-hybridized carbons (Fsp3) is 0.769. The van der Waals surface area contributed by atoms with E-state index in [-0.39, 0.29) is 6.10 Å². The van der Waals surface area contributed by atoms with Gasteiger partial charge in [-0.15, -0.1) is 10.2 Å². The van der Waals surface area contributed by atoms with Gasteiger partial charge in [0.1, 0.15) is 18.8 Å². The summed E-state index contributed by atoms with van der Waals surface area (Å²) in [6.07, 6.45) is 8.23. The Morgan fingerprint density at radius 1 is 1.26 bits per heavy atom. The lowest BCUT2D eigenvalue weighted by atomic mass is 10.0. The van der Waals surface area contributed by atoms with Crippen LogP contribution >= 0.6 is 0 Å². The molecular weight excluding hydrogens is 242 g/mol. The zero-order valence-corrected chi connectivity index (χ0v) is 11.4. The van der Waals surface area contributed by atoms with Crippen molar-refractivity contribution in [2.45, 2.75) is 44.8 Å². The zero-order chi connectivity index (χ0) is 13.1. The molecule has 2 aliphatic heterocycles. The lowest BCUT2D eigenvalue weighted by Crippen LogP contribution is -2.39. The Hall–Kier alpha value is -1.43. The highest BCUT2D eigenvalue weighted by Gasteiger charge is 2.26. The predicted molar refractivity (Wildman–Crippen MR) is 71.9 cm³/mol. The second-order valence-electron chi connectivity index (χ2n) is 5.38. The third-order valence-corrected chi connectivity index (χ3v) is 4.08. The molecule has 19 heavy (non-hydrogen) atoms. The molecular formula is C13H21N5O. The molecule has 0 aliphatic carbocycles. The van der Waals surface area contributed by atoms with E-state index >= 15 is 0 Å². The molecule has 1 saturated heterocycles. The van der Waals surface area contributed by atoms with Crippen molar-refractivity contribution in [3.05, 3.63) is 12.7 Å². The first-order chi connectivity index (χ1) is 9.35. The van der Waals surface area contributed by atoms with E-state index in [1.54, 1.807) is 0 Å². The first kappa shape index (κ1) is 12.6. The third kappa shape index (κ3) is 2.94. The number of hydrogen-bond donors (Lipinski definition) is 0. The molecule has 0 unspecified atom stereocenters. The van der Waals surface area contributed by atoms with Gasteiger partial charge in [-0.2, -0.15) is 0 Å². The summed E-state index contributed by atoms with van der Waals surface area (Å²) < 4.78 is 2.13. The van der Waals surface area contributed by atoms with Crippen LogP contribution in [0.3, 0.4) is 0 Å². The number of hydrogen-bond acceptors (Lipinski definition) is 5. The summed E-state index contributed by atoms with van der Waals surface area (Å²) in [4.78, 5) is 7.97. The molecule has 2 aliphatic rings. The van der Waals surface area contributed by atoms with Gasteiger partial charge in [0.05, 0.1) is 5.71 Å². The van der Waals surface area contributed by atoms with Crippen molar-refractivity contribution >= 4 is 5.71 Å². The van der Waals surface area contributed by atoms with Crippen molar-refractivity contribution in [1.29, 1.82) is 0 Å². The lowest BCUT2D eigenvalue weighted by Gasteiger charge is -2.33. The van der Waals surface area contributed by atoms with Crippen LogP contribution in [0.1, 0.15) is 38.6 Å². The van der Waals surface area contributed by atoms with Gasteiger partial charge in [-0.05, 0) is 19.3 Å². The van der Waals surface area contributed by atoms with Crippen molar-refractivity contribution in [3.63, 3.8) is 0 Å². The molecule has 0 N–H and O–H groups in total. The number of rotatable bonds is 4. The van der Waals surface area contributed by atoms with Crippen LogP contribution in [-0.2, 0) is 4.84 Å². The predicted octanol–water partition coefficient (Wildman–Crippen LogP) is 1.47. The average Bonchev–Trinajstić information content (AvgIpc) is 3.10. The van der Waals surface area contributed by atoms with E-state index in [9.17, 15) is 0 Å². The van der Waals surface area contributed by atoms with Crippen LogP contribution in [-0.4, -0.2) is 51.1 Å². The second-order valence-corrected chi connectivity index (χ2v) is 5.38. The van der Waals surface area contributed by atoms with Crippen molar-refractivity contribution in [1.82, 2.24) is 19.7 Å². The largest absolute Gasteiger partial charge is 0.391 e. The molecule has 0 spiro atoms. The molecule has 6 heteroatoms. The normalized spacial score (nSPS) is 25.3. The number of likely N-dealkylation sites (tertiary alicyclic amines) is 1. The van der Waals surface area contributed by atoms with Crippen LogP contribution in [0.2, 0.25) is 0 Å². The van der Waals surface area contributed by atoms with Crippen molar-refractivity contribution < 1.29 is 4.84 Å². The lowest BCUT2D eigenvalue weighted by molar-refractivity contribution is 0.0426. The Bertz CT molecular complexity index is 422. The van der Waals surface area contributed by atoms with E-state index in [0.717, 1.165) is 45.3 Å². The maximum absolute atomic E-state index is 5.48. The van der Waals surface area contributed by atoms with Crippen LogP contribution in [0.5, 0.6) is 0 Å². The molecule has 0 bridgehead atoms. The molecule has 1 fully saturated rings. The zero-order valence-electron chi connectivity index (χ0n) is 11.4. The Morgan fingerprint density at radius 3 is 2.63 bits per heavy atom. The monoisotopic (exact) mass is 263 g/mol. The van der Waals surface area contributed by atoms with E-state index in [2.05, 4.69) is 31.7 Å². The Balaban J connectivity index is 1.44. The number of oxime groups is 1. The van der Waals surface area contributed by atoms with Gasteiger partial charge in [0.15, 0.2) is 0 Å². The Kier molecular flexibility index (Phi) is 3.77. The fourth-order valence-electron chi connectivity index (χ4n) is 2.88. The Labute approximate surface area is 113 Å². The summed E-state index contributed by atoms with van der Waals surface area (Å²) in [6.45, 7) is 5.37.